The quantitative estimate of drug-likeness (QED) is 0.848. The molecule has 0 aromatic heterocycles. The third kappa shape index (κ3) is 2.63. The van der Waals surface area contributed by atoms with Crippen molar-refractivity contribution in [2.45, 2.75) is 19.4 Å². The topological polar surface area (TPSA) is 59.3 Å². The van der Waals surface area contributed by atoms with Crippen molar-refractivity contribution in [1.82, 2.24) is 10.2 Å². The first kappa shape index (κ1) is 12.9. The second kappa shape index (κ2) is 5.85. The Balaban J connectivity index is 2.28. The van der Waals surface area contributed by atoms with E-state index < -0.39 is 0 Å². The zero-order chi connectivity index (χ0) is 13.0. The highest BCUT2D eigenvalue weighted by atomic mass is 16.3. The number of phenolic OH excluding ortho intramolecular Hbond substituents is 1. The lowest BCUT2D eigenvalue weighted by Gasteiger charge is -2.34. The minimum atomic E-state index is -0.00278. The number of phenols is 1. The van der Waals surface area contributed by atoms with Crippen molar-refractivity contribution in [1.29, 1.82) is 5.26 Å². The van der Waals surface area contributed by atoms with Crippen LogP contribution in [0.2, 0.25) is 0 Å². The maximum absolute atomic E-state index is 10.2. The van der Waals surface area contributed by atoms with Crippen molar-refractivity contribution < 1.29 is 5.11 Å². The summed E-state index contributed by atoms with van der Waals surface area (Å²) < 4.78 is 0. The second-order valence-corrected chi connectivity index (χ2v) is 4.68. The number of aromatic hydroxyl groups is 1. The number of benzene rings is 1. The van der Waals surface area contributed by atoms with Crippen LogP contribution in [0.4, 0.5) is 0 Å². The van der Waals surface area contributed by atoms with E-state index in [9.17, 15) is 5.11 Å². The Morgan fingerprint density at radius 3 is 2.83 bits per heavy atom. The van der Waals surface area contributed by atoms with E-state index in [4.69, 9.17) is 5.26 Å². The molecule has 0 radical (unpaired) electrons. The summed E-state index contributed by atoms with van der Waals surface area (Å²) in [5.74, 6) is 0.330. The normalized spacial score (nSPS) is 18.2. The molecule has 0 unspecified atom stereocenters. The smallest absolute Gasteiger partial charge is 0.123 e. The van der Waals surface area contributed by atoms with Gasteiger partial charge < -0.3 is 10.4 Å². The van der Waals surface area contributed by atoms with Crippen LogP contribution >= 0.6 is 0 Å². The molecule has 1 aliphatic rings. The van der Waals surface area contributed by atoms with E-state index >= 15 is 0 Å². The molecular formula is C14H19N3O. The molecule has 1 aliphatic heterocycles. The molecule has 1 aromatic rings. The number of nitrogens with zero attached hydrogens (tertiary/aromatic N) is 2. The maximum Gasteiger partial charge on any atom is 0.123 e. The van der Waals surface area contributed by atoms with Crippen LogP contribution in [0.1, 0.15) is 23.6 Å². The monoisotopic (exact) mass is 245 g/mol. The largest absolute Gasteiger partial charge is 0.507 e. The van der Waals surface area contributed by atoms with E-state index in [2.05, 4.69) is 16.3 Å². The lowest BCUT2D eigenvalue weighted by atomic mass is 9.98. The number of hydrogen-bond donors (Lipinski definition) is 2. The van der Waals surface area contributed by atoms with Crippen LogP contribution in [0, 0.1) is 18.3 Å². The van der Waals surface area contributed by atoms with Crippen molar-refractivity contribution in [2.24, 2.45) is 0 Å². The van der Waals surface area contributed by atoms with E-state index in [0.717, 1.165) is 37.3 Å². The van der Waals surface area contributed by atoms with Gasteiger partial charge in [0.1, 0.15) is 5.75 Å². The predicted molar refractivity (Wildman–Crippen MR) is 70.3 cm³/mol. The van der Waals surface area contributed by atoms with Gasteiger partial charge in [-0.1, -0.05) is 18.2 Å². The highest BCUT2D eigenvalue weighted by molar-refractivity contribution is 5.41. The molecule has 1 atom stereocenters. The van der Waals surface area contributed by atoms with E-state index in [1.54, 1.807) is 0 Å². The summed E-state index contributed by atoms with van der Waals surface area (Å²) in [7, 11) is 0. The van der Waals surface area contributed by atoms with Crippen LogP contribution < -0.4 is 5.32 Å². The predicted octanol–water partition coefficient (Wildman–Crippen LogP) is 1.56. The minimum absolute atomic E-state index is 0.00278. The highest BCUT2D eigenvalue weighted by Gasteiger charge is 2.24. The molecule has 0 bridgehead atoms. The number of hydrogen-bond acceptors (Lipinski definition) is 4. The van der Waals surface area contributed by atoms with Crippen LogP contribution in [-0.2, 0) is 0 Å². The lowest BCUT2D eigenvalue weighted by Crippen LogP contribution is -2.45. The first-order valence-corrected chi connectivity index (χ1v) is 6.34. The minimum Gasteiger partial charge on any atom is -0.507 e. The summed E-state index contributed by atoms with van der Waals surface area (Å²) >= 11 is 0. The van der Waals surface area contributed by atoms with E-state index in [0.29, 0.717) is 12.2 Å². The molecule has 0 aliphatic carbocycles. The van der Waals surface area contributed by atoms with E-state index in [1.165, 1.54) is 0 Å². The highest BCUT2D eigenvalue weighted by Crippen LogP contribution is 2.33. The summed E-state index contributed by atoms with van der Waals surface area (Å²) in [6.07, 6.45) is 0.414. The molecule has 0 spiro atoms. The average Bonchev–Trinajstić information content (AvgIpc) is 2.41. The van der Waals surface area contributed by atoms with Gasteiger partial charge in [0.2, 0.25) is 0 Å². The van der Waals surface area contributed by atoms with Gasteiger partial charge in [-0.2, -0.15) is 5.26 Å². The van der Waals surface area contributed by atoms with Gasteiger partial charge in [-0.05, 0) is 12.5 Å². The maximum atomic E-state index is 10.2. The average molecular weight is 245 g/mol. The van der Waals surface area contributed by atoms with Gasteiger partial charge in [-0.15, -0.1) is 0 Å². The molecule has 4 heteroatoms. The third-order valence-corrected chi connectivity index (χ3v) is 3.50. The van der Waals surface area contributed by atoms with Crippen molar-refractivity contribution in [2.75, 3.05) is 26.2 Å². The summed E-state index contributed by atoms with van der Waals surface area (Å²) in [4.78, 5) is 2.27. The molecule has 1 saturated heterocycles. The third-order valence-electron chi connectivity index (χ3n) is 3.50. The van der Waals surface area contributed by atoms with Gasteiger partial charge in [-0.3, -0.25) is 4.90 Å². The Morgan fingerprint density at radius 1 is 1.44 bits per heavy atom. The second-order valence-electron chi connectivity index (χ2n) is 4.68. The Kier molecular flexibility index (Phi) is 4.19. The zero-order valence-corrected chi connectivity index (χ0v) is 10.7. The molecule has 2 N–H and O–H groups in total. The van der Waals surface area contributed by atoms with E-state index in [1.807, 2.05) is 25.1 Å². The fraction of sp³-hybridized carbons (Fsp3) is 0.500. The van der Waals surface area contributed by atoms with Crippen molar-refractivity contribution in [3.8, 4) is 11.8 Å². The molecule has 2 rings (SSSR count). The van der Waals surface area contributed by atoms with Gasteiger partial charge >= 0.3 is 0 Å². The van der Waals surface area contributed by atoms with E-state index in [-0.39, 0.29) is 6.04 Å². The molecule has 18 heavy (non-hydrogen) atoms. The fourth-order valence-corrected chi connectivity index (χ4v) is 2.47. The van der Waals surface area contributed by atoms with Gasteiger partial charge in [0.25, 0.3) is 0 Å². The molecule has 1 aromatic carbocycles. The molecule has 1 fully saturated rings. The molecule has 96 valence electrons. The number of nitrogens with one attached hydrogen (secondary N) is 1. The number of piperazine rings is 1. The van der Waals surface area contributed by atoms with Gasteiger partial charge in [0, 0.05) is 31.7 Å². The zero-order valence-electron chi connectivity index (χ0n) is 10.7. The van der Waals surface area contributed by atoms with Crippen LogP contribution in [0.3, 0.4) is 0 Å². The van der Waals surface area contributed by atoms with Crippen LogP contribution in [0.5, 0.6) is 5.75 Å². The molecule has 4 nitrogen and oxygen atoms in total. The van der Waals surface area contributed by atoms with Gasteiger partial charge in [0.15, 0.2) is 0 Å². The Labute approximate surface area is 108 Å². The van der Waals surface area contributed by atoms with Gasteiger partial charge in [0.05, 0.1) is 18.5 Å². The Bertz CT molecular complexity index is 447. The summed E-state index contributed by atoms with van der Waals surface area (Å²) in [6.45, 7) is 5.60. The molecule has 1 heterocycles. The lowest BCUT2D eigenvalue weighted by molar-refractivity contribution is 0.173. The number of para-hydroxylation sites is 1. The van der Waals surface area contributed by atoms with Crippen molar-refractivity contribution >= 4 is 0 Å². The standard InChI is InChI=1S/C14H19N3O/c1-11-3-2-4-12(14(11)18)13(5-6-15)17-9-7-16-8-10-17/h2-4,13,16,18H,5,7-10H2,1H3/t13-/m0/s1. The van der Waals surface area contributed by atoms with Crippen LogP contribution in [0.25, 0.3) is 0 Å². The van der Waals surface area contributed by atoms with Gasteiger partial charge in [-0.25, -0.2) is 0 Å². The first-order chi connectivity index (χ1) is 8.74. The van der Waals surface area contributed by atoms with Crippen LogP contribution in [0.15, 0.2) is 18.2 Å². The number of rotatable bonds is 3. The summed E-state index contributed by atoms with van der Waals surface area (Å²) in [5, 5.41) is 22.5. The SMILES string of the molecule is Cc1cccc([C@H](CC#N)N2CCNCC2)c1O. The van der Waals surface area contributed by atoms with Crippen LogP contribution in [-0.4, -0.2) is 36.2 Å². The summed E-state index contributed by atoms with van der Waals surface area (Å²) in [6, 6.07) is 7.99. The first-order valence-electron chi connectivity index (χ1n) is 6.34. The Morgan fingerprint density at radius 2 is 2.17 bits per heavy atom. The van der Waals surface area contributed by atoms with Crippen molar-refractivity contribution in [3.63, 3.8) is 0 Å². The Hall–Kier alpha value is -1.57. The van der Waals surface area contributed by atoms with Crippen molar-refractivity contribution in [3.05, 3.63) is 29.3 Å². The number of aryl methyl sites for hydroxylation is 1. The molecule has 0 amide bonds. The number of nitriles is 1. The molecular weight excluding hydrogens is 226 g/mol. The molecule has 0 saturated carbocycles. The fourth-order valence-electron chi connectivity index (χ4n) is 2.47. The summed E-state index contributed by atoms with van der Waals surface area (Å²) in [5.41, 5.74) is 1.74.